The first-order valence-corrected chi connectivity index (χ1v) is 6.91. The number of hydrogen-bond donors (Lipinski definition) is 2. The molecule has 94 valence electrons. The van der Waals surface area contributed by atoms with Crippen LogP contribution in [0.4, 0.5) is 0 Å². The van der Waals surface area contributed by atoms with Gasteiger partial charge in [0.2, 0.25) is 0 Å². The zero-order valence-corrected chi connectivity index (χ0v) is 10.5. The summed E-state index contributed by atoms with van der Waals surface area (Å²) in [5, 5.41) is 12.6. The van der Waals surface area contributed by atoms with Crippen LogP contribution in [0.15, 0.2) is 0 Å². The van der Waals surface area contributed by atoms with Crippen LogP contribution in [0.5, 0.6) is 0 Å². The number of hydrogen-bond acceptors (Lipinski definition) is 3. The van der Waals surface area contributed by atoms with Gasteiger partial charge in [-0.05, 0) is 39.2 Å². The molecule has 0 aromatic carbocycles. The summed E-state index contributed by atoms with van der Waals surface area (Å²) < 4.78 is 0. The summed E-state index contributed by atoms with van der Waals surface area (Å²) in [5.41, 5.74) is 0. The molecule has 0 spiro atoms. The molecule has 3 nitrogen and oxygen atoms in total. The minimum atomic E-state index is 0.310. The predicted octanol–water partition coefficient (Wildman–Crippen LogP) is 1.36. The maximum atomic E-state index is 9.07. The second kappa shape index (κ2) is 5.99. The van der Waals surface area contributed by atoms with Gasteiger partial charge in [0.05, 0.1) is 0 Å². The third-order valence-corrected chi connectivity index (χ3v) is 4.26. The van der Waals surface area contributed by atoms with E-state index in [0.717, 1.165) is 25.6 Å². The summed E-state index contributed by atoms with van der Waals surface area (Å²) in [6.45, 7) is 4.91. The Kier molecular flexibility index (Phi) is 4.62. The monoisotopic (exact) mass is 226 g/mol. The lowest BCUT2D eigenvalue weighted by Gasteiger charge is -2.34. The minimum Gasteiger partial charge on any atom is -0.396 e. The Morgan fingerprint density at radius 3 is 2.69 bits per heavy atom. The van der Waals surface area contributed by atoms with Crippen molar-refractivity contribution in [1.29, 1.82) is 0 Å². The van der Waals surface area contributed by atoms with Crippen LogP contribution in [0.2, 0.25) is 0 Å². The van der Waals surface area contributed by atoms with E-state index in [1.165, 1.54) is 32.1 Å². The molecule has 0 amide bonds. The normalized spacial score (nSPS) is 34.1. The van der Waals surface area contributed by atoms with Crippen LogP contribution < -0.4 is 5.32 Å². The zero-order chi connectivity index (χ0) is 11.4. The lowest BCUT2D eigenvalue weighted by Crippen LogP contribution is -2.45. The van der Waals surface area contributed by atoms with Crippen molar-refractivity contribution in [3.8, 4) is 0 Å². The molecule has 1 heterocycles. The molecule has 1 aliphatic carbocycles. The third kappa shape index (κ3) is 2.96. The first-order chi connectivity index (χ1) is 7.81. The summed E-state index contributed by atoms with van der Waals surface area (Å²) in [4.78, 5) is 2.70. The number of nitrogens with one attached hydrogen (secondary N) is 1. The van der Waals surface area contributed by atoms with E-state index in [-0.39, 0.29) is 0 Å². The van der Waals surface area contributed by atoms with E-state index in [1.807, 2.05) is 0 Å². The van der Waals surface area contributed by atoms with Crippen LogP contribution in [0.3, 0.4) is 0 Å². The summed E-state index contributed by atoms with van der Waals surface area (Å²) in [7, 11) is 0. The quantitative estimate of drug-likeness (QED) is 0.763. The van der Waals surface area contributed by atoms with E-state index in [9.17, 15) is 0 Å². The molecule has 0 radical (unpaired) electrons. The van der Waals surface area contributed by atoms with Crippen LogP contribution in [0.1, 0.15) is 45.4 Å². The molecule has 1 saturated heterocycles. The highest BCUT2D eigenvalue weighted by atomic mass is 16.3. The van der Waals surface area contributed by atoms with Crippen molar-refractivity contribution >= 4 is 0 Å². The molecule has 16 heavy (non-hydrogen) atoms. The van der Waals surface area contributed by atoms with Gasteiger partial charge in [0, 0.05) is 31.3 Å². The Balaban J connectivity index is 1.95. The maximum absolute atomic E-state index is 9.07. The van der Waals surface area contributed by atoms with Gasteiger partial charge in [0.1, 0.15) is 0 Å². The van der Waals surface area contributed by atoms with Gasteiger partial charge >= 0.3 is 0 Å². The van der Waals surface area contributed by atoms with E-state index >= 15 is 0 Å². The Labute approximate surface area is 99.2 Å². The first kappa shape index (κ1) is 12.3. The first-order valence-electron chi connectivity index (χ1n) is 6.91. The molecule has 1 saturated carbocycles. The SMILES string of the molecule is CC1CCNC(CCO)CN1C1CCCC1. The van der Waals surface area contributed by atoms with Crippen LogP contribution in [0.25, 0.3) is 0 Å². The van der Waals surface area contributed by atoms with E-state index in [0.29, 0.717) is 18.7 Å². The van der Waals surface area contributed by atoms with Crippen molar-refractivity contribution in [1.82, 2.24) is 10.2 Å². The molecule has 2 unspecified atom stereocenters. The molecule has 1 aliphatic heterocycles. The highest BCUT2D eigenvalue weighted by Gasteiger charge is 2.29. The van der Waals surface area contributed by atoms with Crippen LogP contribution in [-0.4, -0.2) is 47.8 Å². The molecule has 2 atom stereocenters. The molecule has 2 aliphatic rings. The molecule has 3 heteroatoms. The van der Waals surface area contributed by atoms with Gasteiger partial charge in [-0.15, -0.1) is 0 Å². The number of nitrogens with zero attached hydrogens (tertiary/aromatic N) is 1. The molecule has 0 bridgehead atoms. The Bertz CT molecular complexity index is 204. The van der Waals surface area contributed by atoms with Crippen molar-refractivity contribution in [3.05, 3.63) is 0 Å². The highest BCUT2D eigenvalue weighted by Crippen LogP contribution is 2.27. The number of aliphatic hydroxyl groups excluding tert-OH is 1. The van der Waals surface area contributed by atoms with E-state index in [4.69, 9.17) is 5.11 Å². The topological polar surface area (TPSA) is 35.5 Å². The van der Waals surface area contributed by atoms with Crippen molar-refractivity contribution in [2.24, 2.45) is 0 Å². The Hall–Kier alpha value is -0.120. The fraction of sp³-hybridized carbons (Fsp3) is 1.00. The molecular formula is C13H26N2O. The standard InChI is InChI=1S/C13H26N2O/c1-11-6-8-14-12(7-9-16)10-15(11)13-4-2-3-5-13/h11-14,16H,2-10H2,1H3. The fourth-order valence-corrected chi connectivity index (χ4v) is 3.26. The molecule has 0 aromatic heterocycles. The summed E-state index contributed by atoms with van der Waals surface area (Å²) in [5.74, 6) is 0. The van der Waals surface area contributed by atoms with Crippen LogP contribution in [-0.2, 0) is 0 Å². The summed E-state index contributed by atoms with van der Waals surface area (Å²) in [6, 6.07) is 2.02. The summed E-state index contributed by atoms with van der Waals surface area (Å²) >= 11 is 0. The molecule has 0 aromatic rings. The average molecular weight is 226 g/mol. The largest absolute Gasteiger partial charge is 0.396 e. The van der Waals surface area contributed by atoms with Crippen LogP contribution >= 0.6 is 0 Å². The highest BCUT2D eigenvalue weighted by molar-refractivity contribution is 4.87. The van der Waals surface area contributed by atoms with Crippen molar-refractivity contribution in [2.75, 3.05) is 19.7 Å². The van der Waals surface area contributed by atoms with Gasteiger partial charge < -0.3 is 10.4 Å². The van der Waals surface area contributed by atoms with Crippen LogP contribution in [0, 0.1) is 0 Å². The predicted molar refractivity (Wildman–Crippen MR) is 66.5 cm³/mol. The number of aliphatic hydroxyl groups is 1. The fourth-order valence-electron chi connectivity index (χ4n) is 3.26. The van der Waals surface area contributed by atoms with E-state index < -0.39 is 0 Å². The zero-order valence-electron chi connectivity index (χ0n) is 10.5. The second-order valence-corrected chi connectivity index (χ2v) is 5.44. The van der Waals surface area contributed by atoms with Gasteiger partial charge in [0.15, 0.2) is 0 Å². The average Bonchev–Trinajstić information content (AvgIpc) is 2.72. The van der Waals surface area contributed by atoms with E-state index in [2.05, 4.69) is 17.1 Å². The Morgan fingerprint density at radius 1 is 1.25 bits per heavy atom. The molecular weight excluding hydrogens is 200 g/mol. The van der Waals surface area contributed by atoms with Crippen molar-refractivity contribution < 1.29 is 5.11 Å². The van der Waals surface area contributed by atoms with Crippen molar-refractivity contribution in [2.45, 2.75) is 63.6 Å². The molecule has 2 rings (SSSR count). The third-order valence-electron chi connectivity index (χ3n) is 4.26. The van der Waals surface area contributed by atoms with Crippen molar-refractivity contribution in [3.63, 3.8) is 0 Å². The lowest BCUT2D eigenvalue weighted by molar-refractivity contribution is 0.135. The second-order valence-electron chi connectivity index (χ2n) is 5.44. The maximum Gasteiger partial charge on any atom is 0.0446 e. The van der Waals surface area contributed by atoms with Gasteiger partial charge in [-0.1, -0.05) is 12.8 Å². The molecule has 2 fully saturated rings. The van der Waals surface area contributed by atoms with Gasteiger partial charge in [-0.25, -0.2) is 0 Å². The Morgan fingerprint density at radius 2 is 2.00 bits per heavy atom. The van der Waals surface area contributed by atoms with Gasteiger partial charge in [-0.3, -0.25) is 4.90 Å². The summed E-state index contributed by atoms with van der Waals surface area (Å²) in [6.07, 6.45) is 7.73. The molecule has 2 N–H and O–H groups in total. The van der Waals surface area contributed by atoms with E-state index in [1.54, 1.807) is 0 Å². The lowest BCUT2D eigenvalue weighted by atomic mass is 10.1. The minimum absolute atomic E-state index is 0.310. The van der Waals surface area contributed by atoms with Gasteiger partial charge in [-0.2, -0.15) is 0 Å². The number of rotatable bonds is 3. The smallest absolute Gasteiger partial charge is 0.0446 e. The van der Waals surface area contributed by atoms with Gasteiger partial charge in [0.25, 0.3) is 0 Å².